The molecular weight excluding hydrogens is 254 g/mol. The molecule has 0 aromatic heterocycles. The standard InChI is InChI=1S/C16H23NO3/c1-3-11-17(12-16(19)20)15(18)6-4-5-14-9-7-13(2)8-10-14/h7-10H,3-6,11-12H2,1-2H3,(H,19,20). The smallest absolute Gasteiger partial charge is 0.323 e. The summed E-state index contributed by atoms with van der Waals surface area (Å²) < 4.78 is 0. The summed E-state index contributed by atoms with van der Waals surface area (Å²) in [5, 5.41) is 8.79. The van der Waals surface area contributed by atoms with Crippen LogP contribution in [0.5, 0.6) is 0 Å². The topological polar surface area (TPSA) is 57.6 Å². The van der Waals surface area contributed by atoms with Crippen molar-refractivity contribution in [2.45, 2.75) is 39.5 Å². The minimum absolute atomic E-state index is 0.0682. The Kier molecular flexibility index (Phi) is 6.77. The van der Waals surface area contributed by atoms with Crippen LogP contribution in [0.3, 0.4) is 0 Å². The second-order valence-corrected chi connectivity index (χ2v) is 5.05. The molecular formula is C16H23NO3. The molecule has 1 aromatic carbocycles. The second kappa shape index (κ2) is 8.35. The number of hydrogen-bond donors (Lipinski definition) is 1. The molecule has 20 heavy (non-hydrogen) atoms. The van der Waals surface area contributed by atoms with Crippen molar-refractivity contribution < 1.29 is 14.7 Å². The SMILES string of the molecule is CCCN(CC(=O)O)C(=O)CCCc1ccc(C)cc1. The van der Waals surface area contributed by atoms with E-state index in [1.165, 1.54) is 16.0 Å². The van der Waals surface area contributed by atoms with Crippen LogP contribution in [-0.2, 0) is 16.0 Å². The van der Waals surface area contributed by atoms with Crippen LogP contribution in [0.4, 0.5) is 0 Å². The summed E-state index contributed by atoms with van der Waals surface area (Å²) in [5.74, 6) is -1.02. The summed E-state index contributed by atoms with van der Waals surface area (Å²) in [6.07, 6.45) is 2.78. The summed E-state index contributed by atoms with van der Waals surface area (Å²) in [7, 11) is 0. The molecule has 0 aliphatic carbocycles. The largest absolute Gasteiger partial charge is 0.480 e. The minimum atomic E-state index is -0.953. The van der Waals surface area contributed by atoms with E-state index in [-0.39, 0.29) is 12.5 Å². The Labute approximate surface area is 120 Å². The first-order chi connectivity index (χ1) is 9.52. The maximum Gasteiger partial charge on any atom is 0.323 e. The van der Waals surface area contributed by atoms with Crippen LogP contribution in [-0.4, -0.2) is 35.0 Å². The summed E-state index contributed by atoms with van der Waals surface area (Å²) in [5.41, 5.74) is 2.43. The number of aryl methyl sites for hydroxylation is 2. The Morgan fingerprint density at radius 3 is 2.40 bits per heavy atom. The number of rotatable bonds is 8. The van der Waals surface area contributed by atoms with Crippen molar-refractivity contribution in [2.24, 2.45) is 0 Å². The van der Waals surface area contributed by atoms with Crippen LogP contribution < -0.4 is 0 Å². The van der Waals surface area contributed by atoms with E-state index in [4.69, 9.17) is 5.11 Å². The van der Waals surface area contributed by atoms with E-state index in [1.807, 2.05) is 13.8 Å². The molecule has 0 fully saturated rings. The summed E-state index contributed by atoms with van der Waals surface area (Å²) in [4.78, 5) is 24.1. The molecule has 110 valence electrons. The monoisotopic (exact) mass is 277 g/mol. The molecule has 1 N–H and O–H groups in total. The highest BCUT2D eigenvalue weighted by Gasteiger charge is 2.15. The first kappa shape index (κ1) is 16.2. The van der Waals surface area contributed by atoms with Crippen LogP contribution in [0.25, 0.3) is 0 Å². The number of carbonyl (C=O) groups is 2. The van der Waals surface area contributed by atoms with Gasteiger partial charge in [0.05, 0.1) is 0 Å². The predicted molar refractivity (Wildman–Crippen MR) is 78.6 cm³/mol. The Hall–Kier alpha value is -1.84. The third-order valence-corrected chi connectivity index (χ3v) is 3.15. The Morgan fingerprint density at radius 1 is 1.20 bits per heavy atom. The van der Waals surface area contributed by atoms with Gasteiger partial charge in [0.1, 0.15) is 6.54 Å². The van der Waals surface area contributed by atoms with Crippen molar-refractivity contribution in [1.82, 2.24) is 4.90 Å². The number of amides is 1. The van der Waals surface area contributed by atoms with Crippen molar-refractivity contribution in [3.63, 3.8) is 0 Å². The Balaban J connectivity index is 2.40. The summed E-state index contributed by atoms with van der Waals surface area (Å²) in [6.45, 7) is 4.29. The van der Waals surface area contributed by atoms with Gasteiger partial charge in [0, 0.05) is 13.0 Å². The molecule has 1 aromatic rings. The van der Waals surface area contributed by atoms with Gasteiger partial charge in [-0.3, -0.25) is 9.59 Å². The highest BCUT2D eigenvalue weighted by atomic mass is 16.4. The van der Waals surface area contributed by atoms with Crippen molar-refractivity contribution in [3.8, 4) is 0 Å². The highest BCUT2D eigenvalue weighted by molar-refractivity contribution is 5.81. The van der Waals surface area contributed by atoms with E-state index in [9.17, 15) is 9.59 Å². The lowest BCUT2D eigenvalue weighted by Crippen LogP contribution is -2.36. The third kappa shape index (κ3) is 5.87. The molecule has 4 nitrogen and oxygen atoms in total. The summed E-state index contributed by atoms with van der Waals surface area (Å²) >= 11 is 0. The lowest BCUT2D eigenvalue weighted by molar-refractivity contribution is -0.144. The molecule has 0 radical (unpaired) electrons. The molecule has 1 amide bonds. The number of carboxylic acids is 1. The molecule has 0 bridgehead atoms. The first-order valence-corrected chi connectivity index (χ1v) is 7.08. The number of aliphatic carboxylic acids is 1. The number of nitrogens with zero attached hydrogens (tertiary/aromatic N) is 1. The van der Waals surface area contributed by atoms with Crippen LogP contribution in [0, 0.1) is 6.92 Å². The van der Waals surface area contributed by atoms with Gasteiger partial charge in [0.25, 0.3) is 0 Å². The number of carbonyl (C=O) groups excluding carboxylic acids is 1. The number of benzene rings is 1. The van der Waals surface area contributed by atoms with E-state index < -0.39 is 5.97 Å². The van der Waals surface area contributed by atoms with Crippen molar-refractivity contribution in [3.05, 3.63) is 35.4 Å². The predicted octanol–water partition coefficient (Wildman–Crippen LogP) is 2.64. The molecule has 0 saturated heterocycles. The minimum Gasteiger partial charge on any atom is -0.480 e. The molecule has 4 heteroatoms. The molecule has 0 spiro atoms. The fourth-order valence-corrected chi connectivity index (χ4v) is 2.08. The zero-order chi connectivity index (χ0) is 15.0. The average Bonchev–Trinajstić information content (AvgIpc) is 2.40. The van der Waals surface area contributed by atoms with Gasteiger partial charge in [-0.1, -0.05) is 36.8 Å². The molecule has 0 unspecified atom stereocenters. The van der Waals surface area contributed by atoms with Crippen molar-refractivity contribution in [1.29, 1.82) is 0 Å². The van der Waals surface area contributed by atoms with Gasteiger partial charge in [-0.25, -0.2) is 0 Å². The van der Waals surface area contributed by atoms with Gasteiger partial charge in [-0.05, 0) is 31.7 Å². The van der Waals surface area contributed by atoms with Gasteiger partial charge in [-0.2, -0.15) is 0 Å². The average molecular weight is 277 g/mol. The fraction of sp³-hybridized carbons (Fsp3) is 0.500. The van der Waals surface area contributed by atoms with Gasteiger partial charge >= 0.3 is 5.97 Å². The summed E-state index contributed by atoms with van der Waals surface area (Å²) in [6, 6.07) is 8.26. The van der Waals surface area contributed by atoms with Crippen LogP contribution in [0.1, 0.15) is 37.3 Å². The second-order valence-electron chi connectivity index (χ2n) is 5.05. The molecule has 0 saturated carbocycles. The lowest BCUT2D eigenvalue weighted by atomic mass is 10.1. The van der Waals surface area contributed by atoms with Gasteiger partial charge < -0.3 is 10.0 Å². The fourth-order valence-electron chi connectivity index (χ4n) is 2.08. The molecule has 0 heterocycles. The van der Waals surface area contributed by atoms with Gasteiger partial charge in [0.2, 0.25) is 5.91 Å². The number of hydrogen-bond acceptors (Lipinski definition) is 2. The number of carboxylic acid groups (broad SMARTS) is 1. The van der Waals surface area contributed by atoms with E-state index in [0.29, 0.717) is 13.0 Å². The van der Waals surface area contributed by atoms with E-state index in [1.54, 1.807) is 0 Å². The quantitative estimate of drug-likeness (QED) is 0.794. The maximum atomic E-state index is 12.0. The molecule has 1 rings (SSSR count). The molecule has 0 aliphatic rings. The lowest BCUT2D eigenvalue weighted by Gasteiger charge is -2.19. The zero-order valence-electron chi connectivity index (χ0n) is 12.3. The zero-order valence-corrected chi connectivity index (χ0v) is 12.3. The van der Waals surface area contributed by atoms with E-state index in [0.717, 1.165) is 19.3 Å². The Morgan fingerprint density at radius 2 is 1.85 bits per heavy atom. The third-order valence-electron chi connectivity index (χ3n) is 3.15. The molecule has 0 atom stereocenters. The normalized spacial score (nSPS) is 10.3. The van der Waals surface area contributed by atoms with Gasteiger partial charge in [0.15, 0.2) is 0 Å². The molecule has 0 aliphatic heterocycles. The Bertz CT molecular complexity index is 440. The first-order valence-electron chi connectivity index (χ1n) is 7.08. The van der Waals surface area contributed by atoms with Crippen LogP contribution in [0.2, 0.25) is 0 Å². The van der Waals surface area contributed by atoms with Crippen LogP contribution in [0.15, 0.2) is 24.3 Å². The highest BCUT2D eigenvalue weighted by Crippen LogP contribution is 2.08. The van der Waals surface area contributed by atoms with E-state index >= 15 is 0 Å². The van der Waals surface area contributed by atoms with Crippen molar-refractivity contribution in [2.75, 3.05) is 13.1 Å². The maximum absolute atomic E-state index is 12.0. The van der Waals surface area contributed by atoms with E-state index in [2.05, 4.69) is 24.3 Å². The van der Waals surface area contributed by atoms with Gasteiger partial charge in [-0.15, -0.1) is 0 Å². The van der Waals surface area contributed by atoms with Crippen molar-refractivity contribution >= 4 is 11.9 Å². The van der Waals surface area contributed by atoms with Crippen LogP contribution >= 0.6 is 0 Å².